The van der Waals surface area contributed by atoms with E-state index in [1.54, 1.807) is 20.8 Å². The largest absolute Gasteiger partial charge is 0.481 e. The zero-order valence-corrected chi connectivity index (χ0v) is 9.82. The number of imide groups is 1. The van der Waals surface area contributed by atoms with Crippen LogP contribution in [0.5, 0.6) is 0 Å². The summed E-state index contributed by atoms with van der Waals surface area (Å²) in [5.41, 5.74) is -0.711. The molecule has 0 saturated carbocycles. The number of likely N-dealkylation sites (tertiary alicyclic amines) is 1. The minimum Gasteiger partial charge on any atom is -0.481 e. The number of carboxylic acids is 1. The summed E-state index contributed by atoms with van der Waals surface area (Å²) in [4.78, 5) is 35.1. The predicted octanol–water partition coefficient (Wildman–Crippen LogP) is 1.02. The van der Waals surface area contributed by atoms with Crippen molar-refractivity contribution in [3.05, 3.63) is 0 Å². The zero-order valence-electron chi connectivity index (χ0n) is 9.82. The molecule has 0 aromatic rings. The molecule has 1 saturated heterocycles. The molecule has 0 aromatic heterocycles. The van der Waals surface area contributed by atoms with Crippen LogP contribution in [0.4, 0.5) is 0 Å². The second-order valence-corrected chi connectivity index (χ2v) is 4.88. The van der Waals surface area contributed by atoms with Crippen molar-refractivity contribution in [3.8, 4) is 0 Å². The average molecular weight is 227 g/mol. The van der Waals surface area contributed by atoms with Gasteiger partial charge in [0.15, 0.2) is 0 Å². The van der Waals surface area contributed by atoms with Gasteiger partial charge in [0.2, 0.25) is 11.8 Å². The Hall–Kier alpha value is -1.39. The molecule has 0 aromatic carbocycles. The minimum atomic E-state index is -0.916. The zero-order chi connectivity index (χ0) is 12.5. The van der Waals surface area contributed by atoms with Gasteiger partial charge in [0, 0.05) is 24.3 Å². The Morgan fingerprint density at radius 3 is 2.44 bits per heavy atom. The number of hydrogen-bond donors (Lipinski definition) is 1. The standard InChI is InChI=1S/C11H17NO4/c1-7-6-8(13)12(10(7)16)11(2,3)5-4-9(14)15/h7H,4-6H2,1-3H3,(H,14,15). The lowest BCUT2D eigenvalue weighted by Crippen LogP contribution is -2.48. The number of nitrogens with zero attached hydrogens (tertiary/aromatic N) is 1. The lowest BCUT2D eigenvalue weighted by Gasteiger charge is -2.33. The van der Waals surface area contributed by atoms with E-state index in [9.17, 15) is 14.4 Å². The first-order valence-corrected chi connectivity index (χ1v) is 5.34. The Labute approximate surface area is 94.4 Å². The van der Waals surface area contributed by atoms with E-state index in [0.717, 1.165) is 0 Å². The first kappa shape index (κ1) is 12.7. The van der Waals surface area contributed by atoms with Gasteiger partial charge in [-0.15, -0.1) is 0 Å². The maximum Gasteiger partial charge on any atom is 0.303 e. The number of amides is 2. The van der Waals surface area contributed by atoms with Gasteiger partial charge >= 0.3 is 5.97 Å². The third-order valence-electron chi connectivity index (χ3n) is 2.93. The number of rotatable bonds is 4. The Morgan fingerprint density at radius 2 is 2.06 bits per heavy atom. The summed E-state index contributed by atoms with van der Waals surface area (Å²) in [6.45, 7) is 5.17. The Morgan fingerprint density at radius 1 is 1.50 bits per heavy atom. The van der Waals surface area contributed by atoms with Crippen LogP contribution in [-0.4, -0.2) is 33.3 Å². The SMILES string of the molecule is CC1CC(=O)N(C(C)(C)CCC(=O)O)C1=O. The molecule has 0 bridgehead atoms. The lowest BCUT2D eigenvalue weighted by atomic mass is 9.96. The fourth-order valence-corrected chi connectivity index (χ4v) is 1.94. The van der Waals surface area contributed by atoms with Crippen molar-refractivity contribution in [3.63, 3.8) is 0 Å². The summed E-state index contributed by atoms with van der Waals surface area (Å²) in [6, 6.07) is 0. The summed E-state index contributed by atoms with van der Waals surface area (Å²) >= 11 is 0. The van der Waals surface area contributed by atoms with Crippen LogP contribution in [0, 0.1) is 5.92 Å². The molecule has 1 rings (SSSR count). The van der Waals surface area contributed by atoms with Crippen molar-refractivity contribution in [2.45, 2.75) is 45.6 Å². The number of carbonyl (C=O) groups excluding carboxylic acids is 2. The molecule has 0 radical (unpaired) electrons. The van der Waals surface area contributed by atoms with Crippen LogP contribution in [0.25, 0.3) is 0 Å². The van der Waals surface area contributed by atoms with E-state index in [-0.39, 0.29) is 37.0 Å². The first-order valence-electron chi connectivity index (χ1n) is 5.34. The molecule has 1 aliphatic heterocycles. The summed E-state index contributed by atoms with van der Waals surface area (Å²) in [6.07, 6.45) is 0.473. The van der Waals surface area contributed by atoms with Crippen molar-refractivity contribution in [1.29, 1.82) is 0 Å². The van der Waals surface area contributed by atoms with Gasteiger partial charge in [-0.25, -0.2) is 0 Å². The van der Waals surface area contributed by atoms with Crippen LogP contribution in [-0.2, 0) is 14.4 Å². The van der Waals surface area contributed by atoms with Crippen molar-refractivity contribution >= 4 is 17.8 Å². The fourth-order valence-electron chi connectivity index (χ4n) is 1.94. The number of carbonyl (C=O) groups is 3. The monoisotopic (exact) mass is 227 g/mol. The van der Waals surface area contributed by atoms with Gasteiger partial charge in [0.05, 0.1) is 0 Å². The van der Waals surface area contributed by atoms with Gasteiger partial charge in [-0.3, -0.25) is 19.3 Å². The number of carboxylic acid groups (broad SMARTS) is 1. The highest BCUT2D eigenvalue weighted by Crippen LogP contribution is 2.30. The van der Waals surface area contributed by atoms with Crippen LogP contribution in [0.2, 0.25) is 0 Å². The Kier molecular flexibility index (Phi) is 3.35. The minimum absolute atomic E-state index is 0.0432. The number of hydrogen-bond acceptors (Lipinski definition) is 3. The topological polar surface area (TPSA) is 74.7 Å². The predicted molar refractivity (Wildman–Crippen MR) is 56.6 cm³/mol. The van der Waals surface area contributed by atoms with Crippen LogP contribution >= 0.6 is 0 Å². The van der Waals surface area contributed by atoms with Crippen LogP contribution in [0.15, 0.2) is 0 Å². The van der Waals surface area contributed by atoms with Crippen LogP contribution < -0.4 is 0 Å². The van der Waals surface area contributed by atoms with Crippen molar-refractivity contribution < 1.29 is 19.5 Å². The number of aliphatic carboxylic acids is 1. The molecule has 0 aliphatic carbocycles. The molecule has 5 heteroatoms. The van der Waals surface area contributed by atoms with E-state index in [4.69, 9.17) is 5.11 Å². The maximum absolute atomic E-state index is 11.8. The Bertz CT molecular complexity index is 335. The normalized spacial score (nSPS) is 21.7. The Balaban J connectivity index is 2.78. The molecule has 1 atom stereocenters. The van der Waals surface area contributed by atoms with Gasteiger partial charge < -0.3 is 5.11 Å². The third-order valence-corrected chi connectivity index (χ3v) is 2.93. The highest BCUT2D eigenvalue weighted by molar-refractivity contribution is 6.04. The average Bonchev–Trinajstić information content (AvgIpc) is 2.38. The molecule has 1 aliphatic rings. The van der Waals surface area contributed by atoms with Crippen molar-refractivity contribution in [2.75, 3.05) is 0 Å². The smallest absolute Gasteiger partial charge is 0.303 e. The van der Waals surface area contributed by atoms with Crippen molar-refractivity contribution in [2.24, 2.45) is 5.92 Å². The molecule has 1 heterocycles. The van der Waals surface area contributed by atoms with Crippen LogP contribution in [0.3, 0.4) is 0 Å². The second-order valence-electron chi connectivity index (χ2n) is 4.88. The van der Waals surface area contributed by atoms with Gasteiger partial charge in [0.1, 0.15) is 0 Å². The summed E-state index contributed by atoms with van der Waals surface area (Å²) in [7, 11) is 0. The van der Waals surface area contributed by atoms with E-state index in [0.29, 0.717) is 0 Å². The molecule has 1 N–H and O–H groups in total. The molecule has 0 spiro atoms. The molecule has 5 nitrogen and oxygen atoms in total. The van der Waals surface area contributed by atoms with Gasteiger partial charge in [0.25, 0.3) is 0 Å². The van der Waals surface area contributed by atoms with Gasteiger partial charge in [-0.2, -0.15) is 0 Å². The second kappa shape index (κ2) is 4.23. The molecular formula is C11H17NO4. The molecular weight excluding hydrogens is 210 g/mol. The van der Waals surface area contributed by atoms with E-state index in [2.05, 4.69) is 0 Å². The van der Waals surface area contributed by atoms with Gasteiger partial charge in [-0.1, -0.05) is 6.92 Å². The van der Waals surface area contributed by atoms with E-state index in [1.807, 2.05) is 0 Å². The maximum atomic E-state index is 11.8. The highest BCUT2D eigenvalue weighted by atomic mass is 16.4. The molecule has 1 unspecified atom stereocenters. The quantitative estimate of drug-likeness (QED) is 0.728. The molecule has 1 fully saturated rings. The van der Waals surface area contributed by atoms with E-state index < -0.39 is 11.5 Å². The van der Waals surface area contributed by atoms with Crippen molar-refractivity contribution in [1.82, 2.24) is 4.90 Å². The molecule has 2 amide bonds. The molecule has 90 valence electrons. The fraction of sp³-hybridized carbons (Fsp3) is 0.727. The highest BCUT2D eigenvalue weighted by Gasteiger charge is 2.43. The molecule has 16 heavy (non-hydrogen) atoms. The first-order chi connectivity index (χ1) is 7.25. The van der Waals surface area contributed by atoms with Gasteiger partial charge in [-0.05, 0) is 20.3 Å². The lowest BCUT2D eigenvalue weighted by molar-refractivity contribution is -0.147. The third kappa shape index (κ3) is 2.40. The van der Waals surface area contributed by atoms with Crippen LogP contribution in [0.1, 0.15) is 40.0 Å². The van der Waals surface area contributed by atoms with E-state index in [1.165, 1.54) is 4.90 Å². The summed E-state index contributed by atoms with van der Waals surface area (Å²) in [5, 5.41) is 8.62. The summed E-state index contributed by atoms with van der Waals surface area (Å²) < 4.78 is 0. The van der Waals surface area contributed by atoms with E-state index >= 15 is 0 Å². The summed E-state index contributed by atoms with van der Waals surface area (Å²) in [5.74, 6) is -1.59.